The van der Waals surface area contributed by atoms with Crippen molar-refractivity contribution in [1.82, 2.24) is 24.9 Å². The maximum absolute atomic E-state index is 13.0. The van der Waals surface area contributed by atoms with E-state index in [0.717, 1.165) is 0 Å². The summed E-state index contributed by atoms with van der Waals surface area (Å²) in [5, 5.41) is 10.8. The molecule has 4 aromatic rings. The number of aromatic nitrogens is 5. The molecule has 4 rings (SSSR count). The van der Waals surface area contributed by atoms with Gasteiger partial charge in [0.25, 0.3) is 0 Å². The van der Waals surface area contributed by atoms with Gasteiger partial charge in [-0.2, -0.15) is 10.1 Å². The molecule has 0 radical (unpaired) electrons. The summed E-state index contributed by atoms with van der Waals surface area (Å²) in [6.45, 7) is 0. The first kappa shape index (κ1) is 17.5. The third kappa shape index (κ3) is 3.93. The molecule has 0 spiro atoms. The molecule has 0 saturated heterocycles. The Morgan fingerprint density at radius 1 is 1.14 bits per heavy atom. The summed E-state index contributed by atoms with van der Waals surface area (Å²) >= 11 is 0. The Hall–Kier alpha value is -3.88. The van der Waals surface area contributed by atoms with E-state index in [0.29, 0.717) is 28.7 Å². The maximum atomic E-state index is 13.0. The number of amides is 1. The molecule has 0 aliphatic rings. The van der Waals surface area contributed by atoms with Crippen molar-refractivity contribution in [3.8, 4) is 17.1 Å². The van der Waals surface area contributed by atoms with Gasteiger partial charge >= 0.3 is 0 Å². The number of nitrogens with zero attached hydrogens (tertiary/aromatic N) is 5. The Morgan fingerprint density at radius 2 is 1.96 bits per heavy atom. The number of hydrogen-bond donors (Lipinski definition) is 1. The van der Waals surface area contributed by atoms with Crippen molar-refractivity contribution in [2.75, 3.05) is 5.32 Å². The summed E-state index contributed by atoms with van der Waals surface area (Å²) in [7, 11) is 0. The van der Waals surface area contributed by atoms with E-state index in [1.807, 2.05) is 18.2 Å². The molecule has 0 saturated carbocycles. The lowest BCUT2D eigenvalue weighted by Crippen LogP contribution is -2.14. The summed E-state index contributed by atoms with van der Waals surface area (Å²) in [5.74, 6) is 0.149. The lowest BCUT2D eigenvalue weighted by molar-refractivity contribution is -0.116. The fourth-order valence-electron chi connectivity index (χ4n) is 2.62. The summed E-state index contributed by atoms with van der Waals surface area (Å²) < 4.78 is 19.7. The topological polar surface area (TPSA) is 98.7 Å². The molecule has 0 aliphatic heterocycles. The predicted molar refractivity (Wildman–Crippen MR) is 98.0 cm³/mol. The minimum absolute atomic E-state index is 0.163. The first-order valence-corrected chi connectivity index (χ1v) is 8.51. The molecule has 0 bridgehead atoms. The van der Waals surface area contributed by atoms with E-state index in [9.17, 15) is 9.18 Å². The number of nitrogens with one attached hydrogen (secondary N) is 1. The quantitative estimate of drug-likeness (QED) is 0.554. The first-order valence-electron chi connectivity index (χ1n) is 8.51. The predicted octanol–water partition coefficient (Wildman–Crippen LogP) is 3.03. The zero-order chi connectivity index (χ0) is 19.3. The lowest BCUT2D eigenvalue weighted by atomic mass is 10.2. The van der Waals surface area contributed by atoms with Gasteiger partial charge in [-0.1, -0.05) is 17.3 Å². The third-order valence-corrected chi connectivity index (χ3v) is 3.98. The zero-order valence-corrected chi connectivity index (χ0v) is 14.6. The van der Waals surface area contributed by atoms with Crippen LogP contribution in [-0.4, -0.2) is 30.8 Å². The van der Waals surface area contributed by atoms with E-state index >= 15 is 0 Å². The largest absolute Gasteiger partial charge is 0.339 e. The van der Waals surface area contributed by atoms with Gasteiger partial charge in [0, 0.05) is 18.4 Å². The normalized spacial score (nSPS) is 10.8. The molecular weight excluding hydrogens is 363 g/mol. The Kier molecular flexibility index (Phi) is 4.87. The summed E-state index contributed by atoms with van der Waals surface area (Å²) in [6.07, 6.45) is 3.43. The fourth-order valence-corrected chi connectivity index (χ4v) is 2.62. The third-order valence-electron chi connectivity index (χ3n) is 3.98. The van der Waals surface area contributed by atoms with Crippen LogP contribution in [0.15, 0.2) is 65.7 Å². The fraction of sp³-hybridized carbons (Fsp3) is 0.105. The molecule has 1 amide bonds. The number of rotatable bonds is 6. The van der Waals surface area contributed by atoms with Gasteiger partial charge in [-0.05, 0) is 36.4 Å². The highest BCUT2D eigenvalue weighted by molar-refractivity contribution is 5.92. The second kappa shape index (κ2) is 7.78. The van der Waals surface area contributed by atoms with E-state index < -0.39 is 0 Å². The number of benzene rings is 2. The first-order chi connectivity index (χ1) is 13.7. The van der Waals surface area contributed by atoms with Crippen LogP contribution in [0.3, 0.4) is 0 Å². The average molecular weight is 378 g/mol. The van der Waals surface area contributed by atoms with E-state index in [4.69, 9.17) is 4.52 Å². The SMILES string of the molecule is O=C(CCc1nc(-c2ccc(F)cc2)no1)Nc1ccccc1-n1cncn1. The summed E-state index contributed by atoms with van der Waals surface area (Å²) in [5.41, 5.74) is 1.97. The van der Waals surface area contributed by atoms with Crippen molar-refractivity contribution < 1.29 is 13.7 Å². The van der Waals surface area contributed by atoms with Crippen molar-refractivity contribution in [1.29, 1.82) is 0 Å². The molecule has 28 heavy (non-hydrogen) atoms. The van der Waals surface area contributed by atoms with Crippen LogP contribution in [-0.2, 0) is 11.2 Å². The van der Waals surface area contributed by atoms with Crippen molar-refractivity contribution >= 4 is 11.6 Å². The van der Waals surface area contributed by atoms with E-state index in [-0.39, 0.29) is 24.6 Å². The number of para-hydroxylation sites is 2. The Labute approximate surface area is 159 Å². The molecule has 0 fully saturated rings. The van der Waals surface area contributed by atoms with Crippen molar-refractivity contribution in [2.45, 2.75) is 12.8 Å². The Bertz CT molecular complexity index is 1080. The van der Waals surface area contributed by atoms with E-state index in [1.54, 1.807) is 29.2 Å². The second-order valence-corrected chi connectivity index (χ2v) is 5.92. The smallest absolute Gasteiger partial charge is 0.227 e. The summed E-state index contributed by atoms with van der Waals surface area (Å²) in [4.78, 5) is 20.5. The van der Waals surface area contributed by atoms with Crippen LogP contribution in [0.25, 0.3) is 17.1 Å². The van der Waals surface area contributed by atoms with Crippen molar-refractivity contribution in [3.05, 3.63) is 72.9 Å². The zero-order valence-electron chi connectivity index (χ0n) is 14.6. The molecule has 2 heterocycles. The lowest BCUT2D eigenvalue weighted by Gasteiger charge is -2.10. The second-order valence-electron chi connectivity index (χ2n) is 5.92. The molecule has 0 aliphatic carbocycles. The van der Waals surface area contributed by atoms with Crippen LogP contribution < -0.4 is 5.32 Å². The number of carbonyl (C=O) groups excluding carboxylic acids is 1. The number of halogens is 1. The Balaban J connectivity index is 1.39. The van der Waals surface area contributed by atoms with Crippen molar-refractivity contribution in [2.24, 2.45) is 0 Å². The number of hydrogen-bond acceptors (Lipinski definition) is 6. The van der Waals surface area contributed by atoms with Crippen LogP contribution >= 0.6 is 0 Å². The maximum Gasteiger partial charge on any atom is 0.227 e. The molecule has 2 aromatic carbocycles. The van der Waals surface area contributed by atoms with Gasteiger partial charge in [0.05, 0.1) is 11.4 Å². The van der Waals surface area contributed by atoms with Gasteiger partial charge in [-0.15, -0.1) is 0 Å². The van der Waals surface area contributed by atoms with Crippen molar-refractivity contribution in [3.63, 3.8) is 0 Å². The standard InChI is InChI=1S/C19H15FN6O2/c20-14-7-5-13(6-8-14)19-24-18(28-25-19)10-9-17(27)23-15-3-1-2-4-16(15)26-12-21-11-22-26/h1-8,11-12H,9-10H2,(H,23,27). The summed E-state index contributed by atoms with van der Waals surface area (Å²) in [6, 6.07) is 13.1. The van der Waals surface area contributed by atoms with Gasteiger partial charge in [0.2, 0.25) is 17.6 Å². The van der Waals surface area contributed by atoms with E-state index in [2.05, 4.69) is 25.5 Å². The molecule has 9 heteroatoms. The minimum atomic E-state index is -0.338. The van der Waals surface area contributed by atoms with Gasteiger partial charge in [-0.3, -0.25) is 4.79 Å². The van der Waals surface area contributed by atoms with Gasteiger partial charge < -0.3 is 9.84 Å². The monoisotopic (exact) mass is 378 g/mol. The average Bonchev–Trinajstić information content (AvgIpc) is 3.40. The number of aryl methyl sites for hydroxylation is 1. The molecule has 2 aromatic heterocycles. The number of anilines is 1. The molecule has 0 atom stereocenters. The highest BCUT2D eigenvalue weighted by Gasteiger charge is 2.13. The Morgan fingerprint density at radius 3 is 2.75 bits per heavy atom. The molecule has 0 unspecified atom stereocenters. The molecular formula is C19H15FN6O2. The van der Waals surface area contributed by atoms with Crippen LogP contribution in [0.5, 0.6) is 0 Å². The van der Waals surface area contributed by atoms with Gasteiger partial charge in [-0.25, -0.2) is 14.1 Å². The highest BCUT2D eigenvalue weighted by Crippen LogP contribution is 2.20. The van der Waals surface area contributed by atoms with Gasteiger partial charge in [0.1, 0.15) is 18.5 Å². The molecule has 140 valence electrons. The van der Waals surface area contributed by atoms with E-state index in [1.165, 1.54) is 18.5 Å². The highest BCUT2D eigenvalue weighted by atomic mass is 19.1. The van der Waals surface area contributed by atoms with Crippen LogP contribution in [0, 0.1) is 5.82 Å². The van der Waals surface area contributed by atoms with Crippen LogP contribution in [0.4, 0.5) is 10.1 Å². The van der Waals surface area contributed by atoms with Crippen LogP contribution in [0.2, 0.25) is 0 Å². The number of carbonyl (C=O) groups is 1. The minimum Gasteiger partial charge on any atom is -0.339 e. The van der Waals surface area contributed by atoms with Gasteiger partial charge in [0.15, 0.2) is 0 Å². The molecule has 8 nitrogen and oxygen atoms in total. The molecule has 1 N–H and O–H groups in total. The van der Waals surface area contributed by atoms with Crippen LogP contribution in [0.1, 0.15) is 12.3 Å².